The van der Waals surface area contributed by atoms with Gasteiger partial charge in [0.05, 0.1) is 6.04 Å². The van der Waals surface area contributed by atoms with Gasteiger partial charge < -0.3 is 15.0 Å². The number of nitrogens with one attached hydrogen (secondary N) is 2. The Kier molecular flexibility index (Phi) is 5.36. The van der Waals surface area contributed by atoms with Crippen LogP contribution in [0.3, 0.4) is 0 Å². The zero-order valence-corrected chi connectivity index (χ0v) is 12.8. The van der Waals surface area contributed by atoms with Gasteiger partial charge in [-0.3, -0.25) is 4.79 Å². The first-order valence-electron chi connectivity index (χ1n) is 7.29. The lowest BCUT2D eigenvalue weighted by Gasteiger charge is -2.14. The molecule has 116 valence electrons. The van der Waals surface area contributed by atoms with E-state index < -0.39 is 5.97 Å². The van der Waals surface area contributed by atoms with Gasteiger partial charge in [-0.1, -0.05) is 31.2 Å². The third-order valence-corrected chi connectivity index (χ3v) is 3.42. The number of aromatic amines is 1. The van der Waals surface area contributed by atoms with Crippen LogP contribution < -0.4 is 5.32 Å². The molecule has 0 bridgehead atoms. The molecule has 2 aromatic rings. The highest BCUT2D eigenvalue weighted by Crippen LogP contribution is 2.13. The van der Waals surface area contributed by atoms with Crippen LogP contribution in [0.25, 0.3) is 0 Å². The lowest BCUT2D eigenvalue weighted by Crippen LogP contribution is -2.31. The number of hydrogen-bond donors (Lipinski definition) is 2. The van der Waals surface area contributed by atoms with Crippen molar-refractivity contribution in [2.24, 2.45) is 0 Å². The van der Waals surface area contributed by atoms with E-state index in [0.717, 1.165) is 12.0 Å². The predicted octanol–water partition coefficient (Wildman–Crippen LogP) is 2.61. The van der Waals surface area contributed by atoms with Crippen LogP contribution in [-0.4, -0.2) is 23.5 Å². The van der Waals surface area contributed by atoms with Crippen molar-refractivity contribution >= 4 is 11.9 Å². The van der Waals surface area contributed by atoms with E-state index in [1.54, 1.807) is 18.3 Å². The van der Waals surface area contributed by atoms with Crippen LogP contribution in [0.1, 0.15) is 41.5 Å². The lowest BCUT2D eigenvalue weighted by atomic mass is 10.1. The molecule has 5 heteroatoms. The standard InChI is InChI=1S/C17H20N2O3/c1-3-13-6-8-14(9-7-13)12(2)19-16(20)11-22-17(21)15-5-4-10-18-15/h4-10,12,18H,3,11H2,1-2H3,(H,19,20)/t12-/m1/s1. The molecule has 1 aromatic carbocycles. The van der Waals surface area contributed by atoms with Crippen LogP contribution in [0.15, 0.2) is 42.6 Å². The van der Waals surface area contributed by atoms with E-state index in [9.17, 15) is 9.59 Å². The molecule has 0 aliphatic carbocycles. The molecule has 0 saturated heterocycles. The van der Waals surface area contributed by atoms with E-state index in [1.165, 1.54) is 5.56 Å². The second-order valence-corrected chi connectivity index (χ2v) is 5.04. The van der Waals surface area contributed by atoms with Crippen LogP contribution in [0.4, 0.5) is 0 Å². The van der Waals surface area contributed by atoms with Crippen LogP contribution in [0, 0.1) is 0 Å². The number of aryl methyl sites for hydroxylation is 1. The third-order valence-electron chi connectivity index (χ3n) is 3.42. The summed E-state index contributed by atoms with van der Waals surface area (Å²) in [7, 11) is 0. The minimum atomic E-state index is -0.542. The van der Waals surface area contributed by atoms with Crippen LogP contribution in [0.5, 0.6) is 0 Å². The zero-order valence-electron chi connectivity index (χ0n) is 12.8. The van der Waals surface area contributed by atoms with E-state index in [0.29, 0.717) is 5.69 Å². The molecular weight excluding hydrogens is 280 g/mol. The van der Waals surface area contributed by atoms with Gasteiger partial charge in [-0.25, -0.2) is 4.79 Å². The summed E-state index contributed by atoms with van der Waals surface area (Å²) < 4.78 is 4.94. The van der Waals surface area contributed by atoms with Gasteiger partial charge >= 0.3 is 5.97 Å². The normalized spacial score (nSPS) is 11.7. The Hall–Kier alpha value is -2.56. The Bertz CT molecular complexity index is 618. The van der Waals surface area contributed by atoms with Gasteiger partial charge in [-0.05, 0) is 36.6 Å². The second kappa shape index (κ2) is 7.45. The molecule has 0 unspecified atom stereocenters. The number of H-pyrrole nitrogens is 1. The van der Waals surface area contributed by atoms with E-state index >= 15 is 0 Å². The van der Waals surface area contributed by atoms with E-state index in [2.05, 4.69) is 17.2 Å². The molecule has 0 aliphatic rings. The van der Waals surface area contributed by atoms with Gasteiger partial charge in [-0.15, -0.1) is 0 Å². The minimum absolute atomic E-state index is 0.136. The van der Waals surface area contributed by atoms with Gasteiger partial charge in [0.1, 0.15) is 5.69 Å². The number of benzene rings is 1. The number of aromatic nitrogens is 1. The first-order chi connectivity index (χ1) is 10.6. The Morgan fingerprint density at radius 2 is 1.95 bits per heavy atom. The van der Waals surface area contributed by atoms with Gasteiger partial charge in [0, 0.05) is 6.20 Å². The van der Waals surface area contributed by atoms with Gasteiger partial charge in [-0.2, -0.15) is 0 Å². The summed E-state index contributed by atoms with van der Waals surface area (Å²) in [5.74, 6) is -0.868. The number of hydrogen-bond acceptors (Lipinski definition) is 3. The summed E-state index contributed by atoms with van der Waals surface area (Å²) in [5, 5.41) is 2.81. The van der Waals surface area contributed by atoms with Crippen LogP contribution in [0.2, 0.25) is 0 Å². The molecule has 0 saturated carbocycles. The van der Waals surface area contributed by atoms with Crippen LogP contribution >= 0.6 is 0 Å². The summed E-state index contributed by atoms with van der Waals surface area (Å²) in [6.45, 7) is 3.69. The van der Waals surface area contributed by atoms with Crippen molar-refractivity contribution < 1.29 is 14.3 Å². The smallest absolute Gasteiger partial charge is 0.355 e. The molecular formula is C17H20N2O3. The van der Waals surface area contributed by atoms with E-state index in [1.807, 2.05) is 31.2 Å². The molecule has 22 heavy (non-hydrogen) atoms. The molecule has 0 radical (unpaired) electrons. The van der Waals surface area contributed by atoms with E-state index in [-0.39, 0.29) is 18.6 Å². The number of carbonyl (C=O) groups excluding carboxylic acids is 2. The highest BCUT2D eigenvalue weighted by atomic mass is 16.5. The molecule has 1 atom stereocenters. The SMILES string of the molecule is CCc1ccc([C@@H](C)NC(=O)COC(=O)c2ccc[nH]2)cc1. The molecule has 1 amide bonds. The van der Waals surface area contributed by atoms with Crippen molar-refractivity contribution in [1.29, 1.82) is 0 Å². The maximum absolute atomic E-state index is 11.8. The molecule has 0 spiro atoms. The summed E-state index contributed by atoms with van der Waals surface area (Å²) >= 11 is 0. The average molecular weight is 300 g/mol. The fraction of sp³-hybridized carbons (Fsp3) is 0.294. The topological polar surface area (TPSA) is 71.2 Å². The van der Waals surface area contributed by atoms with Gasteiger partial charge in [0.15, 0.2) is 6.61 Å². The molecule has 5 nitrogen and oxygen atoms in total. The molecule has 2 N–H and O–H groups in total. The Morgan fingerprint density at radius 1 is 1.23 bits per heavy atom. The van der Waals surface area contributed by atoms with Crippen molar-refractivity contribution in [1.82, 2.24) is 10.3 Å². The van der Waals surface area contributed by atoms with Gasteiger partial charge in [0.25, 0.3) is 5.91 Å². The van der Waals surface area contributed by atoms with Gasteiger partial charge in [0.2, 0.25) is 0 Å². The second-order valence-electron chi connectivity index (χ2n) is 5.04. The first kappa shape index (κ1) is 15.8. The fourth-order valence-electron chi connectivity index (χ4n) is 2.07. The number of ether oxygens (including phenoxy) is 1. The molecule has 0 aliphatic heterocycles. The maximum atomic E-state index is 11.8. The minimum Gasteiger partial charge on any atom is -0.451 e. The predicted molar refractivity (Wildman–Crippen MR) is 83.5 cm³/mol. The molecule has 1 heterocycles. The van der Waals surface area contributed by atoms with E-state index in [4.69, 9.17) is 4.74 Å². The van der Waals surface area contributed by atoms with Crippen molar-refractivity contribution in [2.45, 2.75) is 26.3 Å². The highest BCUT2D eigenvalue weighted by Gasteiger charge is 2.13. The maximum Gasteiger partial charge on any atom is 0.355 e. The largest absolute Gasteiger partial charge is 0.451 e. The Labute approximate surface area is 129 Å². The van der Waals surface area contributed by atoms with Crippen molar-refractivity contribution in [3.05, 3.63) is 59.4 Å². The summed E-state index contributed by atoms with van der Waals surface area (Å²) in [6, 6.07) is 11.2. The van der Waals surface area contributed by atoms with Crippen molar-refractivity contribution in [3.63, 3.8) is 0 Å². The lowest BCUT2D eigenvalue weighted by molar-refractivity contribution is -0.124. The molecule has 2 rings (SSSR count). The quantitative estimate of drug-likeness (QED) is 0.806. The summed E-state index contributed by atoms with van der Waals surface area (Å²) in [5.41, 5.74) is 2.60. The fourth-order valence-corrected chi connectivity index (χ4v) is 2.07. The zero-order chi connectivity index (χ0) is 15.9. The Morgan fingerprint density at radius 3 is 2.55 bits per heavy atom. The van der Waals surface area contributed by atoms with Crippen LogP contribution in [-0.2, 0) is 16.0 Å². The monoisotopic (exact) mass is 300 g/mol. The molecule has 1 aromatic heterocycles. The third kappa shape index (κ3) is 4.22. The van der Waals surface area contributed by atoms with Crippen molar-refractivity contribution in [2.75, 3.05) is 6.61 Å². The molecule has 0 fully saturated rings. The Balaban J connectivity index is 1.81. The highest BCUT2D eigenvalue weighted by molar-refractivity contribution is 5.89. The number of amides is 1. The first-order valence-corrected chi connectivity index (χ1v) is 7.29. The number of rotatable bonds is 6. The summed E-state index contributed by atoms with van der Waals surface area (Å²) in [4.78, 5) is 26.2. The summed E-state index contributed by atoms with van der Waals surface area (Å²) in [6.07, 6.45) is 2.61. The number of esters is 1. The number of carbonyl (C=O) groups is 2. The average Bonchev–Trinajstić information content (AvgIpc) is 3.07. The van der Waals surface area contributed by atoms with Crippen molar-refractivity contribution in [3.8, 4) is 0 Å².